The first-order chi connectivity index (χ1) is 13.9. The van der Waals surface area contributed by atoms with Crippen molar-refractivity contribution in [3.05, 3.63) is 63.6 Å². The summed E-state index contributed by atoms with van der Waals surface area (Å²) in [5.41, 5.74) is 2.33. The quantitative estimate of drug-likeness (QED) is 0.431. The Bertz CT molecular complexity index is 1030. The van der Waals surface area contributed by atoms with Gasteiger partial charge in [-0.15, -0.1) is 0 Å². The Hall–Kier alpha value is -2.41. The Labute approximate surface area is 183 Å². The van der Waals surface area contributed by atoms with E-state index in [0.717, 1.165) is 24.3 Å². The molecule has 2 aliphatic rings. The van der Waals surface area contributed by atoms with E-state index in [2.05, 4.69) is 10.2 Å². The molecule has 0 radical (unpaired) electrons. The van der Waals surface area contributed by atoms with Crippen LogP contribution < -0.4 is 15.1 Å². The number of nitrogens with one attached hydrogen (secondary N) is 1. The second kappa shape index (κ2) is 8.14. The first kappa shape index (κ1) is 19.9. The zero-order valence-corrected chi connectivity index (χ0v) is 17.7. The van der Waals surface area contributed by atoms with Crippen molar-refractivity contribution >= 4 is 69.8 Å². The molecular weight excluding hydrogens is 429 g/mol. The average Bonchev–Trinajstić information content (AvgIpc) is 3.23. The summed E-state index contributed by atoms with van der Waals surface area (Å²) in [5.74, 6) is -1.04. The summed E-state index contributed by atoms with van der Waals surface area (Å²) < 4.78 is 0. The highest BCUT2D eigenvalue weighted by molar-refractivity contribution is 7.80. The minimum absolute atomic E-state index is 0.0000737. The highest BCUT2D eigenvalue weighted by atomic mass is 35.5. The van der Waals surface area contributed by atoms with Crippen molar-refractivity contribution in [1.29, 1.82) is 0 Å². The molecule has 148 valence electrons. The molecule has 2 saturated heterocycles. The number of hydrogen-bond donors (Lipinski definition) is 1. The molecule has 0 aliphatic carbocycles. The fourth-order valence-corrected chi connectivity index (χ4v) is 4.01. The predicted molar refractivity (Wildman–Crippen MR) is 121 cm³/mol. The molecule has 2 heterocycles. The van der Waals surface area contributed by atoms with Gasteiger partial charge in [0.15, 0.2) is 5.11 Å². The van der Waals surface area contributed by atoms with Crippen molar-refractivity contribution in [1.82, 2.24) is 5.32 Å². The second-order valence-corrected chi connectivity index (χ2v) is 8.04. The van der Waals surface area contributed by atoms with Crippen LogP contribution in [-0.2, 0) is 9.59 Å². The fourth-order valence-electron chi connectivity index (χ4n) is 3.44. The van der Waals surface area contributed by atoms with Crippen molar-refractivity contribution < 1.29 is 9.59 Å². The Morgan fingerprint density at radius 2 is 1.59 bits per heavy atom. The van der Waals surface area contributed by atoms with Crippen LogP contribution in [0.3, 0.4) is 0 Å². The largest absolute Gasteiger partial charge is 0.372 e. The molecule has 2 amide bonds. The number of hydrogen-bond acceptors (Lipinski definition) is 4. The molecule has 8 heteroatoms. The Morgan fingerprint density at radius 3 is 2.24 bits per heavy atom. The number of carbonyl (C=O) groups is 2. The van der Waals surface area contributed by atoms with E-state index in [4.69, 9.17) is 35.4 Å². The average molecular weight is 446 g/mol. The first-order valence-electron chi connectivity index (χ1n) is 9.15. The number of nitrogens with zero attached hydrogens (tertiary/aromatic N) is 2. The molecule has 0 aromatic heterocycles. The Kier molecular flexibility index (Phi) is 5.58. The highest BCUT2D eigenvalue weighted by Gasteiger charge is 2.34. The van der Waals surface area contributed by atoms with Gasteiger partial charge in [0.2, 0.25) is 0 Å². The minimum Gasteiger partial charge on any atom is -0.372 e. The summed E-state index contributed by atoms with van der Waals surface area (Å²) in [7, 11) is 0. The molecule has 5 nitrogen and oxygen atoms in total. The Balaban J connectivity index is 1.63. The van der Waals surface area contributed by atoms with Gasteiger partial charge in [0.25, 0.3) is 11.8 Å². The third-order valence-electron chi connectivity index (χ3n) is 4.94. The minimum atomic E-state index is -0.528. The molecular formula is C21H17Cl2N3O2S. The maximum absolute atomic E-state index is 13.0. The summed E-state index contributed by atoms with van der Waals surface area (Å²) in [6.07, 6.45) is 3.97. The van der Waals surface area contributed by atoms with Crippen molar-refractivity contribution in [3.63, 3.8) is 0 Å². The molecule has 2 aliphatic heterocycles. The number of benzene rings is 2. The van der Waals surface area contributed by atoms with Gasteiger partial charge in [0.1, 0.15) is 5.57 Å². The molecule has 4 rings (SSSR count). The second-order valence-electron chi connectivity index (χ2n) is 6.84. The van der Waals surface area contributed by atoms with Crippen LogP contribution >= 0.6 is 35.4 Å². The molecule has 0 unspecified atom stereocenters. The van der Waals surface area contributed by atoms with Crippen LogP contribution in [0.5, 0.6) is 0 Å². The van der Waals surface area contributed by atoms with Crippen LogP contribution in [0.2, 0.25) is 10.0 Å². The lowest BCUT2D eigenvalue weighted by molar-refractivity contribution is -0.122. The molecule has 29 heavy (non-hydrogen) atoms. The number of rotatable bonds is 3. The number of halogens is 2. The fraction of sp³-hybridized carbons (Fsp3) is 0.190. The van der Waals surface area contributed by atoms with Crippen LogP contribution in [0.1, 0.15) is 18.4 Å². The molecule has 0 saturated carbocycles. The van der Waals surface area contributed by atoms with Gasteiger partial charge in [0.05, 0.1) is 15.7 Å². The van der Waals surface area contributed by atoms with Gasteiger partial charge in [-0.2, -0.15) is 0 Å². The van der Waals surface area contributed by atoms with Crippen molar-refractivity contribution in [2.75, 3.05) is 22.9 Å². The van der Waals surface area contributed by atoms with E-state index in [-0.39, 0.29) is 10.7 Å². The van der Waals surface area contributed by atoms with Crippen molar-refractivity contribution in [3.8, 4) is 0 Å². The van der Waals surface area contributed by atoms with Gasteiger partial charge in [-0.3, -0.25) is 19.8 Å². The first-order valence-corrected chi connectivity index (χ1v) is 10.3. The molecule has 2 aromatic rings. The summed E-state index contributed by atoms with van der Waals surface area (Å²) in [4.78, 5) is 29.0. The van der Waals surface area contributed by atoms with Crippen LogP contribution in [0.25, 0.3) is 6.08 Å². The zero-order valence-electron chi connectivity index (χ0n) is 15.3. The van der Waals surface area contributed by atoms with E-state index in [9.17, 15) is 9.59 Å². The standard InChI is InChI=1S/C21H17Cl2N3O2S/c22-17-8-7-15(12-18(17)23)26-20(28)16(19(27)24-21(26)29)11-13-3-5-14(6-4-13)25-9-1-2-10-25/h3-8,11-12H,1-2,9-10H2,(H,24,27,29)/b16-11+. The van der Waals surface area contributed by atoms with E-state index in [1.807, 2.05) is 24.3 Å². The lowest BCUT2D eigenvalue weighted by atomic mass is 10.1. The van der Waals surface area contributed by atoms with E-state index < -0.39 is 11.8 Å². The maximum Gasteiger partial charge on any atom is 0.270 e. The van der Waals surface area contributed by atoms with E-state index in [1.165, 1.54) is 23.8 Å². The molecule has 2 fully saturated rings. The highest BCUT2D eigenvalue weighted by Crippen LogP contribution is 2.29. The molecule has 1 N–H and O–H groups in total. The zero-order chi connectivity index (χ0) is 20.5. The maximum atomic E-state index is 13.0. The number of thiocarbonyl (C=S) groups is 1. The van der Waals surface area contributed by atoms with Crippen LogP contribution in [0.15, 0.2) is 48.0 Å². The van der Waals surface area contributed by atoms with Gasteiger partial charge >= 0.3 is 0 Å². The summed E-state index contributed by atoms with van der Waals surface area (Å²) in [5, 5.41) is 3.22. The third-order valence-corrected chi connectivity index (χ3v) is 5.96. The normalized spacial score (nSPS) is 18.6. The van der Waals surface area contributed by atoms with Crippen LogP contribution in [0.4, 0.5) is 11.4 Å². The number of amides is 2. The summed E-state index contributed by atoms with van der Waals surface area (Å²) >= 11 is 17.2. The lowest BCUT2D eigenvalue weighted by Gasteiger charge is -2.29. The summed E-state index contributed by atoms with van der Waals surface area (Å²) in [6, 6.07) is 12.5. The SMILES string of the molecule is O=C1NC(=S)N(c2ccc(Cl)c(Cl)c2)C(=O)/C1=C/c1ccc(N2CCCC2)cc1. The summed E-state index contributed by atoms with van der Waals surface area (Å²) in [6.45, 7) is 2.11. The molecule has 0 atom stereocenters. The monoisotopic (exact) mass is 445 g/mol. The predicted octanol–water partition coefficient (Wildman–Crippen LogP) is 4.42. The van der Waals surface area contributed by atoms with Gasteiger partial charge in [-0.05, 0) is 67.0 Å². The molecule has 0 bridgehead atoms. The van der Waals surface area contributed by atoms with Crippen molar-refractivity contribution in [2.45, 2.75) is 12.8 Å². The van der Waals surface area contributed by atoms with E-state index in [1.54, 1.807) is 18.2 Å². The van der Waals surface area contributed by atoms with E-state index >= 15 is 0 Å². The number of carbonyl (C=O) groups excluding carboxylic acids is 2. The smallest absolute Gasteiger partial charge is 0.270 e. The van der Waals surface area contributed by atoms with Gasteiger partial charge in [-0.1, -0.05) is 35.3 Å². The molecule has 0 spiro atoms. The lowest BCUT2D eigenvalue weighted by Crippen LogP contribution is -2.54. The van der Waals surface area contributed by atoms with Crippen LogP contribution in [0, 0.1) is 0 Å². The van der Waals surface area contributed by atoms with Gasteiger partial charge in [-0.25, -0.2) is 0 Å². The van der Waals surface area contributed by atoms with Gasteiger partial charge in [0, 0.05) is 18.8 Å². The van der Waals surface area contributed by atoms with Crippen molar-refractivity contribution in [2.24, 2.45) is 0 Å². The Morgan fingerprint density at radius 1 is 0.931 bits per heavy atom. The topological polar surface area (TPSA) is 52.7 Å². The third kappa shape index (κ3) is 4.01. The number of anilines is 2. The van der Waals surface area contributed by atoms with Gasteiger partial charge < -0.3 is 4.90 Å². The molecule has 2 aromatic carbocycles. The van der Waals surface area contributed by atoms with E-state index in [0.29, 0.717) is 15.7 Å². The van der Waals surface area contributed by atoms with Crippen LogP contribution in [-0.4, -0.2) is 30.0 Å².